The van der Waals surface area contributed by atoms with Crippen LogP contribution < -0.4 is 5.73 Å². The van der Waals surface area contributed by atoms with Crippen LogP contribution >= 0.6 is 0 Å². The molecule has 4 bridgehead atoms. The molecule has 6 heteroatoms. The lowest BCUT2D eigenvalue weighted by molar-refractivity contribution is -0.354. The average molecular weight is 293 g/mol. The third-order valence-corrected chi connectivity index (χ3v) is 5.66. The summed E-state index contributed by atoms with van der Waals surface area (Å²) in [5.74, 6) is -3.01. The van der Waals surface area contributed by atoms with E-state index in [0.29, 0.717) is 6.42 Å². The standard InChI is InChI=1S/C15H19NO5/c1-7(12(16)18)3-10(17)6-14-9-4-11(14)8(2)15(20,5-9)21-13(14)19/h3,8-9,11,20H,4-6H2,1-2H3,(H2,16,18). The fraction of sp³-hybridized carbons (Fsp3) is 0.667. The number of fused-ring (bicyclic) bond motifs is 1. The highest BCUT2D eigenvalue weighted by atomic mass is 16.7. The average Bonchev–Trinajstić information content (AvgIpc) is 2.36. The summed E-state index contributed by atoms with van der Waals surface area (Å²) in [4.78, 5) is 35.4. The Morgan fingerprint density at radius 3 is 2.71 bits per heavy atom. The summed E-state index contributed by atoms with van der Waals surface area (Å²) in [5, 5.41) is 10.3. The van der Waals surface area contributed by atoms with Gasteiger partial charge in [0.05, 0.1) is 5.41 Å². The second-order valence-electron chi connectivity index (χ2n) is 6.64. The molecule has 3 saturated carbocycles. The summed E-state index contributed by atoms with van der Waals surface area (Å²) >= 11 is 0. The minimum absolute atomic E-state index is 0.0174. The highest BCUT2D eigenvalue weighted by Crippen LogP contribution is 2.70. The predicted molar refractivity (Wildman–Crippen MR) is 71.4 cm³/mol. The summed E-state index contributed by atoms with van der Waals surface area (Å²) in [5.41, 5.74) is 4.46. The Balaban J connectivity index is 1.86. The molecule has 2 saturated heterocycles. The van der Waals surface area contributed by atoms with Crippen molar-refractivity contribution in [3.63, 3.8) is 0 Å². The highest BCUT2D eigenvalue weighted by molar-refractivity contribution is 6.02. The largest absolute Gasteiger partial charge is 0.433 e. The minimum atomic E-state index is -1.37. The van der Waals surface area contributed by atoms with Gasteiger partial charge in [0.1, 0.15) is 0 Å². The lowest BCUT2D eigenvalue weighted by Crippen LogP contribution is -2.74. The Morgan fingerprint density at radius 1 is 1.52 bits per heavy atom. The number of ether oxygens (including phenoxy) is 1. The molecule has 0 aromatic heterocycles. The van der Waals surface area contributed by atoms with Gasteiger partial charge in [-0.25, -0.2) is 0 Å². The molecule has 2 heterocycles. The molecular formula is C15H19NO5. The number of hydrogen-bond donors (Lipinski definition) is 2. The van der Waals surface area contributed by atoms with Crippen LogP contribution in [0.3, 0.4) is 0 Å². The molecule has 2 aliphatic heterocycles. The lowest BCUT2D eigenvalue weighted by atomic mass is 9.40. The second kappa shape index (κ2) is 4.16. The molecule has 0 radical (unpaired) electrons. The fourth-order valence-corrected chi connectivity index (χ4v) is 4.35. The Hall–Kier alpha value is -1.69. The van der Waals surface area contributed by atoms with Crippen molar-refractivity contribution >= 4 is 17.7 Å². The van der Waals surface area contributed by atoms with Gasteiger partial charge in [-0.3, -0.25) is 14.4 Å². The van der Waals surface area contributed by atoms with Crippen LogP contribution in [-0.2, 0) is 19.1 Å². The molecule has 3 N–H and O–H groups in total. The highest BCUT2D eigenvalue weighted by Gasteiger charge is 2.75. The first-order chi connectivity index (χ1) is 9.70. The molecular weight excluding hydrogens is 274 g/mol. The van der Waals surface area contributed by atoms with Crippen molar-refractivity contribution in [2.24, 2.45) is 28.9 Å². The molecule has 0 aromatic rings. The molecule has 0 spiro atoms. The molecule has 5 fully saturated rings. The summed E-state index contributed by atoms with van der Waals surface area (Å²) < 4.78 is 5.19. The maximum absolute atomic E-state index is 12.3. The lowest BCUT2D eigenvalue weighted by Gasteiger charge is -2.68. The molecule has 0 aromatic carbocycles. The fourth-order valence-electron chi connectivity index (χ4n) is 4.35. The van der Waals surface area contributed by atoms with Crippen LogP contribution in [0, 0.1) is 23.2 Å². The van der Waals surface area contributed by atoms with Crippen molar-refractivity contribution in [1.82, 2.24) is 0 Å². The second-order valence-corrected chi connectivity index (χ2v) is 6.64. The first-order valence-electron chi connectivity index (χ1n) is 7.17. The number of allylic oxidation sites excluding steroid dienone is 1. The summed E-state index contributed by atoms with van der Waals surface area (Å²) in [7, 11) is 0. The van der Waals surface area contributed by atoms with E-state index >= 15 is 0 Å². The Labute approximate surface area is 122 Å². The van der Waals surface area contributed by atoms with Crippen molar-refractivity contribution in [3.05, 3.63) is 11.6 Å². The van der Waals surface area contributed by atoms with Crippen molar-refractivity contribution in [1.29, 1.82) is 0 Å². The molecule has 114 valence electrons. The Kier molecular flexibility index (Phi) is 2.82. The number of nitrogens with two attached hydrogens (primary N) is 1. The van der Waals surface area contributed by atoms with E-state index in [2.05, 4.69) is 0 Å². The minimum Gasteiger partial charge on any atom is -0.433 e. The zero-order valence-corrected chi connectivity index (χ0v) is 12.1. The van der Waals surface area contributed by atoms with Gasteiger partial charge in [0.2, 0.25) is 11.7 Å². The third kappa shape index (κ3) is 1.71. The van der Waals surface area contributed by atoms with E-state index in [1.807, 2.05) is 6.92 Å². The molecule has 6 nitrogen and oxygen atoms in total. The first kappa shape index (κ1) is 14.3. The Bertz CT molecular complexity index is 583. The van der Waals surface area contributed by atoms with E-state index in [1.54, 1.807) is 0 Å². The van der Waals surface area contributed by atoms with Crippen LogP contribution in [0.5, 0.6) is 0 Å². The first-order valence-corrected chi connectivity index (χ1v) is 7.17. The molecule has 1 amide bonds. The van der Waals surface area contributed by atoms with E-state index in [0.717, 1.165) is 6.42 Å². The number of aliphatic hydroxyl groups is 1. The molecule has 3 aliphatic carbocycles. The molecule has 5 atom stereocenters. The molecule has 5 unspecified atom stereocenters. The van der Waals surface area contributed by atoms with Crippen LogP contribution in [0.25, 0.3) is 0 Å². The van der Waals surface area contributed by atoms with Gasteiger partial charge in [0.25, 0.3) is 0 Å². The zero-order valence-electron chi connectivity index (χ0n) is 12.1. The Morgan fingerprint density at radius 2 is 2.19 bits per heavy atom. The molecule has 5 rings (SSSR count). The zero-order chi connectivity index (χ0) is 15.6. The van der Waals surface area contributed by atoms with Gasteiger partial charge < -0.3 is 15.6 Å². The molecule has 21 heavy (non-hydrogen) atoms. The van der Waals surface area contributed by atoms with Crippen molar-refractivity contribution < 1.29 is 24.2 Å². The van der Waals surface area contributed by atoms with E-state index in [1.165, 1.54) is 13.0 Å². The van der Waals surface area contributed by atoms with Crippen molar-refractivity contribution in [2.75, 3.05) is 0 Å². The van der Waals surface area contributed by atoms with E-state index < -0.39 is 23.1 Å². The topological polar surface area (TPSA) is 107 Å². The monoisotopic (exact) mass is 293 g/mol. The molecule has 5 aliphatic rings. The smallest absolute Gasteiger partial charge is 0.315 e. The number of rotatable bonds is 4. The maximum Gasteiger partial charge on any atom is 0.315 e. The number of hydrogen-bond acceptors (Lipinski definition) is 5. The number of ketones is 1. The van der Waals surface area contributed by atoms with Crippen LogP contribution in [-0.4, -0.2) is 28.6 Å². The van der Waals surface area contributed by atoms with Gasteiger partial charge >= 0.3 is 5.97 Å². The number of primary amides is 1. The van der Waals surface area contributed by atoms with E-state index in [4.69, 9.17) is 10.5 Å². The van der Waals surface area contributed by atoms with Gasteiger partial charge in [-0.2, -0.15) is 0 Å². The summed E-state index contributed by atoms with van der Waals surface area (Å²) in [6.07, 6.45) is 2.45. The van der Waals surface area contributed by atoms with Crippen molar-refractivity contribution in [2.45, 2.75) is 38.9 Å². The van der Waals surface area contributed by atoms with Gasteiger partial charge in [-0.1, -0.05) is 6.92 Å². The number of esters is 1. The normalized spacial score (nSPS) is 44.0. The van der Waals surface area contributed by atoms with Crippen LogP contribution in [0.2, 0.25) is 0 Å². The maximum atomic E-state index is 12.3. The van der Waals surface area contributed by atoms with Crippen LogP contribution in [0.4, 0.5) is 0 Å². The van der Waals surface area contributed by atoms with Crippen molar-refractivity contribution in [3.8, 4) is 0 Å². The van der Waals surface area contributed by atoms with E-state index in [9.17, 15) is 19.5 Å². The third-order valence-electron chi connectivity index (χ3n) is 5.66. The van der Waals surface area contributed by atoms with Gasteiger partial charge in [0.15, 0.2) is 5.78 Å². The van der Waals surface area contributed by atoms with Gasteiger partial charge in [-0.15, -0.1) is 0 Å². The number of carbonyl (C=O) groups is 3. The SMILES string of the molecule is CC(=CC(=O)CC12C(=O)OC3(O)CC1CC2C3C)C(N)=O. The van der Waals surface area contributed by atoms with Gasteiger partial charge in [-0.05, 0) is 31.3 Å². The number of carbonyl (C=O) groups excluding carboxylic acids is 3. The summed E-state index contributed by atoms with van der Waals surface area (Å²) in [6.45, 7) is 3.33. The predicted octanol–water partition coefficient (Wildman–Crippen LogP) is 0.285. The van der Waals surface area contributed by atoms with E-state index in [-0.39, 0.29) is 35.5 Å². The van der Waals surface area contributed by atoms with Crippen LogP contribution in [0.15, 0.2) is 11.6 Å². The quantitative estimate of drug-likeness (QED) is 0.572. The summed E-state index contributed by atoms with van der Waals surface area (Å²) in [6, 6.07) is 0. The van der Waals surface area contributed by atoms with Gasteiger partial charge in [0, 0.05) is 24.3 Å². The van der Waals surface area contributed by atoms with Crippen LogP contribution in [0.1, 0.15) is 33.1 Å². The number of amides is 1.